The topological polar surface area (TPSA) is 106 Å². The molecule has 4 aromatic rings. The number of ether oxygens (including phenoxy) is 1. The molecule has 0 bridgehead atoms. The molecule has 1 aliphatic heterocycles. The van der Waals surface area contributed by atoms with Gasteiger partial charge in [-0.1, -0.05) is 29.5 Å². The zero-order chi connectivity index (χ0) is 22.2. The van der Waals surface area contributed by atoms with Crippen molar-refractivity contribution >= 4 is 45.1 Å². The molecule has 0 spiro atoms. The van der Waals surface area contributed by atoms with Crippen LogP contribution in [-0.4, -0.2) is 39.6 Å². The molecule has 1 aliphatic rings. The number of nitrogens with one attached hydrogen (secondary N) is 1. The lowest BCUT2D eigenvalue weighted by Crippen LogP contribution is -2.37. The number of hydrogen-bond donors (Lipinski definition) is 1. The average Bonchev–Trinajstić information content (AvgIpc) is 3.44. The van der Waals surface area contributed by atoms with E-state index in [1.54, 1.807) is 48.5 Å². The van der Waals surface area contributed by atoms with Crippen LogP contribution in [0.4, 0.5) is 11.4 Å². The van der Waals surface area contributed by atoms with E-state index < -0.39 is 11.5 Å². The molecule has 32 heavy (non-hydrogen) atoms. The predicted octanol–water partition coefficient (Wildman–Crippen LogP) is 1.45. The summed E-state index contributed by atoms with van der Waals surface area (Å²) in [5.41, 5.74) is 1.63. The second-order valence-corrected chi connectivity index (χ2v) is 7.96. The summed E-state index contributed by atoms with van der Waals surface area (Å²) in [5.74, 6) is -0.0585. The van der Waals surface area contributed by atoms with Crippen molar-refractivity contribution in [3.63, 3.8) is 0 Å². The third kappa shape index (κ3) is 3.30. The van der Waals surface area contributed by atoms with Crippen LogP contribution in [-0.2, 0) is 9.59 Å². The maximum Gasteiger partial charge on any atom is 0.291 e. The molecule has 10 heteroatoms. The molecule has 2 amide bonds. The third-order valence-corrected chi connectivity index (χ3v) is 6.04. The molecule has 0 fully saturated rings. The number of hydrogen-bond acceptors (Lipinski definition) is 7. The molecule has 9 nitrogen and oxygen atoms in total. The summed E-state index contributed by atoms with van der Waals surface area (Å²) in [6.45, 7) is 2.26. The van der Waals surface area contributed by atoms with Gasteiger partial charge in [0.25, 0.3) is 11.5 Å². The number of amides is 2. The second-order valence-electron chi connectivity index (χ2n) is 6.98. The van der Waals surface area contributed by atoms with Crippen molar-refractivity contribution in [2.75, 3.05) is 23.4 Å². The van der Waals surface area contributed by atoms with Crippen LogP contribution in [0.5, 0.6) is 5.75 Å². The van der Waals surface area contributed by atoms with Crippen LogP contribution in [0, 0.1) is 0 Å². The van der Waals surface area contributed by atoms with Gasteiger partial charge in [0.05, 0.1) is 17.9 Å². The summed E-state index contributed by atoms with van der Waals surface area (Å²) in [5, 5.41) is 6.71. The number of thiazole rings is 1. The van der Waals surface area contributed by atoms with Gasteiger partial charge in [0.15, 0.2) is 0 Å². The minimum Gasteiger partial charge on any atom is -0.494 e. The molecule has 2 aromatic carbocycles. The third-order valence-electron chi connectivity index (χ3n) is 5.00. The Balaban J connectivity index is 1.46. The van der Waals surface area contributed by atoms with Crippen LogP contribution >= 0.6 is 11.3 Å². The average molecular weight is 447 g/mol. The highest BCUT2D eigenvalue weighted by Gasteiger charge is 2.35. The SMILES string of the molecule is CCOc1ccc(NC(=O)CN2C(=O)/C(=c3\sc4ncnn4c3=O)c3ccccc32)cc1. The number of rotatable bonds is 5. The Hall–Kier alpha value is -4.05. The summed E-state index contributed by atoms with van der Waals surface area (Å²) in [7, 11) is 0. The zero-order valence-corrected chi connectivity index (χ0v) is 17.8. The molecule has 1 N–H and O–H groups in total. The normalized spacial score (nSPS) is 14.7. The van der Waals surface area contributed by atoms with Crippen LogP contribution in [0.3, 0.4) is 0 Å². The second kappa shape index (κ2) is 7.89. The van der Waals surface area contributed by atoms with Gasteiger partial charge in [0.1, 0.15) is 23.2 Å². The van der Waals surface area contributed by atoms with E-state index in [0.717, 1.165) is 11.3 Å². The summed E-state index contributed by atoms with van der Waals surface area (Å²) in [4.78, 5) is 44.6. The zero-order valence-electron chi connectivity index (χ0n) is 16.9. The van der Waals surface area contributed by atoms with Crippen molar-refractivity contribution in [2.24, 2.45) is 0 Å². The van der Waals surface area contributed by atoms with E-state index in [2.05, 4.69) is 15.4 Å². The molecule has 5 rings (SSSR count). The van der Waals surface area contributed by atoms with Crippen molar-refractivity contribution in [3.05, 3.63) is 75.3 Å². The van der Waals surface area contributed by atoms with Crippen LogP contribution in [0.1, 0.15) is 12.5 Å². The van der Waals surface area contributed by atoms with Crippen LogP contribution in [0.25, 0.3) is 10.5 Å². The number of nitrogens with zero attached hydrogens (tertiary/aromatic N) is 4. The van der Waals surface area contributed by atoms with Crippen LogP contribution in [0.2, 0.25) is 0 Å². The first kappa shape index (κ1) is 19.9. The molecule has 0 atom stereocenters. The molecule has 160 valence electrons. The number of fused-ring (bicyclic) bond motifs is 2. The van der Waals surface area contributed by atoms with Crippen molar-refractivity contribution < 1.29 is 14.3 Å². The van der Waals surface area contributed by atoms with Gasteiger partial charge in [-0.3, -0.25) is 19.3 Å². The smallest absolute Gasteiger partial charge is 0.291 e. The fraction of sp³-hybridized carbons (Fsp3) is 0.136. The van der Waals surface area contributed by atoms with Gasteiger partial charge in [-0.25, -0.2) is 4.98 Å². The van der Waals surface area contributed by atoms with E-state index in [0.29, 0.717) is 34.3 Å². The lowest BCUT2D eigenvalue weighted by molar-refractivity contribution is -0.118. The summed E-state index contributed by atoms with van der Waals surface area (Å²) < 4.78 is 6.83. The highest BCUT2D eigenvalue weighted by atomic mass is 32.1. The van der Waals surface area contributed by atoms with Gasteiger partial charge in [-0.15, -0.1) is 0 Å². The van der Waals surface area contributed by atoms with Gasteiger partial charge >= 0.3 is 0 Å². The van der Waals surface area contributed by atoms with Gasteiger partial charge < -0.3 is 10.1 Å². The first-order valence-electron chi connectivity index (χ1n) is 9.87. The van der Waals surface area contributed by atoms with Crippen molar-refractivity contribution in [1.82, 2.24) is 14.6 Å². The van der Waals surface area contributed by atoms with E-state index in [9.17, 15) is 14.4 Å². The minimum atomic E-state index is -0.408. The van der Waals surface area contributed by atoms with Crippen molar-refractivity contribution in [3.8, 4) is 5.75 Å². The number of carbonyl (C=O) groups is 2. The van der Waals surface area contributed by atoms with Gasteiger partial charge in [-0.2, -0.15) is 9.61 Å². The fourth-order valence-electron chi connectivity index (χ4n) is 3.63. The monoisotopic (exact) mass is 447 g/mol. The maximum atomic E-state index is 13.3. The molecule has 0 saturated heterocycles. The van der Waals surface area contributed by atoms with Crippen molar-refractivity contribution in [2.45, 2.75) is 6.92 Å². The Morgan fingerprint density at radius 1 is 1.12 bits per heavy atom. The Labute approximate surface area is 185 Å². The quantitative estimate of drug-likeness (QED) is 0.497. The summed E-state index contributed by atoms with van der Waals surface area (Å²) in [6, 6.07) is 14.1. The molecular weight excluding hydrogens is 430 g/mol. The number of anilines is 2. The van der Waals surface area contributed by atoms with Crippen LogP contribution < -0.4 is 25.0 Å². The highest BCUT2D eigenvalue weighted by molar-refractivity contribution is 7.15. The Bertz CT molecular complexity index is 1460. The molecule has 0 unspecified atom stereocenters. The van der Waals surface area contributed by atoms with E-state index in [1.165, 1.54) is 15.7 Å². The fourth-order valence-corrected chi connectivity index (χ4v) is 4.60. The maximum absolute atomic E-state index is 13.3. The van der Waals surface area contributed by atoms with Gasteiger partial charge in [0.2, 0.25) is 10.9 Å². The van der Waals surface area contributed by atoms with E-state index in [4.69, 9.17) is 4.74 Å². The van der Waals surface area contributed by atoms with Crippen molar-refractivity contribution in [1.29, 1.82) is 0 Å². The van der Waals surface area contributed by atoms with E-state index >= 15 is 0 Å². The first-order chi connectivity index (χ1) is 15.6. The van der Waals surface area contributed by atoms with Gasteiger partial charge in [-0.05, 0) is 37.3 Å². The Morgan fingerprint density at radius 2 is 1.91 bits per heavy atom. The number of para-hydroxylation sites is 1. The largest absolute Gasteiger partial charge is 0.494 e. The molecule has 0 aliphatic carbocycles. The lowest BCUT2D eigenvalue weighted by Gasteiger charge is -2.16. The number of aromatic nitrogens is 3. The molecule has 0 saturated carbocycles. The highest BCUT2D eigenvalue weighted by Crippen LogP contribution is 2.35. The lowest BCUT2D eigenvalue weighted by atomic mass is 10.1. The number of benzene rings is 2. The Kier molecular flexibility index (Phi) is 4.91. The summed E-state index contributed by atoms with van der Waals surface area (Å²) in [6.07, 6.45) is 1.30. The molecule has 2 aromatic heterocycles. The standard InChI is InChI=1S/C22H17N5O4S/c1-2-31-14-9-7-13(8-10-14)25-17(28)11-26-16-6-4-3-5-15(16)18(20(26)29)19-21(30)27-22(32-19)23-12-24-27/h3-10,12H,2,11H2,1H3,(H,25,28)/b19-18-. The minimum absolute atomic E-state index is 0.193. The van der Waals surface area contributed by atoms with Gasteiger partial charge in [0, 0.05) is 11.3 Å². The van der Waals surface area contributed by atoms with E-state index in [-0.39, 0.29) is 22.6 Å². The van der Waals surface area contributed by atoms with E-state index in [1.807, 2.05) is 6.92 Å². The van der Waals surface area contributed by atoms with Crippen LogP contribution in [0.15, 0.2) is 59.7 Å². The number of carbonyl (C=O) groups excluding carboxylic acids is 2. The Morgan fingerprint density at radius 3 is 2.66 bits per heavy atom. The molecule has 3 heterocycles. The predicted molar refractivity (Wildman–Crippen MR) is 120 cm³/mol. The summed E-state index contributed by atoms with van der Waals surface area (Å²) >= 11 is 1.10. The molecule has 0 radical (unpaired) electrons. The molecular formula is C22H17N5O4S. The first-order valence-corrected chi connectivity index (χ1v) is 10.7.